The molecule has 0 aliphatic rings. The third kappa shape index (κ3) is 3.05. The van der Waals surface area contributed by atoms with Gasteiger partial charge in [-0.3, -0.25) is 4.79 Å². The second-order valence-corrected chi connectivity index (χ2v) is 5.02. The summed E-state index contributed by atoms with van der Waals surface area (Å²) in [4.78, 5) is 20.7. The molecule has 0 saturated carbocycles. The van der Waals surface area contributed by atoms with Gasteiger partial charge in [-0.2, -0.15) is 0 Å². The normalized spacial score (nSPS) is 10.3. The number of hydrogen-bond donors (Lipinski definition) is 1. The van der Waals surface area contributed by atoms with E-state index in [1.807, 2.05) is 5.38 Å². The van der Waals surface area contributed by atoms with Crippen LogP contribution in [-0.4, -0.2) is 15.9 Å². The smallest absolute Gasteiger partial charge is 0.271 e. The highest BCUT2D eigenvalue weighted by Gasteiger charge is 2.09. The standard InChI is InChI=1S/C12H12ClN3OS/c1-2-8-3-4-18-10(8)6-16-12(17)9-5-15-11(13)7-14-9/h3-5,7H,2,6H2,1H3,(H,16,17). The van der Waals surface area contributed by atoms with E-state index in [1.165, 1.54) is 22.8 Å². The molecule has 0 aliphatic carbocycles. The van der Waals surface area contributed by atoms with Crippen molar-refractivity contribution in [2.45, 2.75) is 19.9 Å². The van der Waals surface area contributed by atoms with Gasteiger partial charge in [-0.25, -0.2) is 9.97 Å². The highest BCUT2D eigenvalue weighted by atomic mass is 35.5. The number of carbonyl (C=O) groups excluding carboxylic acids is 1. The van der Waals surface area contributed by atoms with E-state index in [-0.39, 0.29) is 16.8 Å². The van der Waals surface area contributed by atoms with Crippen LogP contribution in [0.25, 0.3) is 0 Å². The van der Waals surface area contributed by atoms with E-state index < -0.39 is 0 Å². The summed E-state index contributed by atoms with van der Waals surface area (Å²) in [5, 5.41) is 5.13. The van der Waals surface area contributed by atoms with Crippen molar-refractivity contribution < 1.29 is 4.79 Å². The Morgan fingerprint density at radius 1 is 1.44 bits per heavy atom. The summed E-state index contributed by atoms with van der Waals surface area (Å²) in [6, 6.07) is 2.08. The monoisotopic (exact) mass is 281 g/mol. The Bertz CT molecular complexity index is 539. The van der Waals surface area contributed by atoms with Gasteiger partial charge in [0.15, 0.2) is 0 Å². The zero-order chi connectivity index (χ0) is 13.0. The molecule has 0 fully saturated rings. The molecule has 0 saturated heterocycles. The third-order valence-corrected chi connectivity index (χ3v) is 3.64. The van der Waals surface area contributed by atoms with Crippen molar-refractivity contribution in [2.24, 2.45) is 0 Å². The van der Waals surface area contributed by atoms with Gasteiger partial charge in [0.05, 0.1) is 18.9 Å². The Morgan fingerprint density at radius 3 is 2.94 bits per heavy atom. The van der Waals surface area contributed by atoms with Crippen molar-refractivity contribution >= 4 is 28.8 Å². The Balaban J connectivity index is 1.98. The lowest BCUT2D eigenvalue weighted by atomic mass is 10.2. The number of halogens is 1. The molecule has 6 heteroatoms. The lowest BCUT2D eigenvalue weighted by molar-refractivity contribution is 0.0946. The van der Waals surface area contributed by atoms with Crippen LogP contribution in [-0.2, 0) is 13.0 Å². The van der Waals surface area contributed by atoms with Crippen molar-refractivity contribution in [3.63, 3.8) is 0 Å². The van der Waals surface area contributed by atoms with Crippen LogP contribution in [0, 0.1) is 0 Å². The molecule has 0 radical (unpaired) electrons. The van der Waals surface area contributed by atoms with Crippen molar-refractivity contribution in [3.05, 3.63) is 45.1 Å². The van der Waals surface area contributed by atoms with E-state index in [0.717, 1.165) is 6.42 Å². The number of carbonyl (C=O) groups is 1. The molecular formula is C12H12ClN3OS. The second-order valence-electron chi connectivity index (χ2n) is 3.63. The molecule has 0 unspecified atom stereocenters. The lowest BCUT2D eigenvalue weighted by Gasteiger charge is -2.04. The summed E-state index contributed by atoms with van der Waals surface area (Å²) in [6.45, 7) is 2.61. The van der Waals surface area contributed by atoms with Crippen molar-refractivity contribution in [1.82, 2.24) is 15.3 Å². The highest BCUT2D eigenvalue weighted by Crippen LogP contribution is 2.17. The molecule has 2 aromatic rings. The van der Waals surface area contributed by atoms with Crippen molar-refractivity contribution in [3.8, 4) is 0 Å². The van der Waals surface area contributed by atoms with Crippen LogP contribution < -0.4 is 5.32 Å². The lowest BCUT2D eigenvalue weighted by Crippen LogP contribution is -2.23. The fraction of sp³-hybridized carbons (Fsp3) is 0.250. The molecule has 0 atom stereocenters. The molecule has 18 heavy (non-hydrogen) atoms. The van der Waals surface area contributed by atoms with Gasteiger partial charge in [0, 0.05) is 4.88 Å². The number of rotatable bonds is 4. The maximum atomic E-state index is 11.8. The SMILES string of the molecule is CCc1ccsc1CNC(=O)c1cnc(Cl)cn1. The minimum absolute atomic E-state index is 0.241. The summed E-state index contributed by atoms with van der Waals surface area (Å²) < 4.78 is 0. The fourth-order valence-corrected chi connectivity index (χ4v) is 2.53. The predicted octanol–water partition coefficient (Wildman–Crippen LogP) is 2.68. The average molecular weight is 282 g/mol. The molecule has 94 valence electrons. The number of thiophene rings is 1. The van der Waals surface area contributed by atoms with Gasteiger partial charge in [0.25, 0.3) is 5.91 Å². The fourth-order valence-electron chi connectivity index (χ4n) is 1.52. The van der Waals surface area contributed by atoms with E-state index in [2.05, 4.69) is 28.3 Å². The predicted molar refractivity (Wildman–Crippen MR) is 71.9 cm³/mol. The van der Waals surface area contributed by atoms with Gasteiger partial charge in [-0.05, 0) is 23.4 Å². The summed E-state index contributed by atoms with van der Waals surface area (Å²) >= 11 is 7.25. The number of nitrogens with one attached hydrogen (secondary N) is 1. The van der Waals surface area contributed by atoms with Crippen LogP contribution in [0.15, 0.2) is 23.8 Å². The molecule has 0 aromatic carbocycles. The van der Waals surface area contributed by atoms with Gasteiger partial charge in [0.1, 0.15) is 10.8 Å². The van der Waals surface area contributed by atoms with E-state index in [1.54, 1.807) is 11.3 Å². The van der Waals surface area contributed by atoms with Crippen LogP contribution in [0.2, 0.25) is 5.15 Å². The maximum Gasteiger partial charge on any atom is 0.271 e. The molecular weight excluding hydrogens is 270 g/mol. The minimum Gasteiger partial charge on any atom is -0.346 e. The summed E-state index contributed by atoms with van der Waals surface area (Å²) in [6.07, 6.45) is 3.70. The quantitative estimate of drug-likeness (QED) is 0.937. The molecule has 4 nitrogen and oxygen atoms in total. The number of aromatic nitrogens is 2. The number of hydrogen-bond acceptors (Lipinski definition) is 4. The first-order valence-electron chi connectivity index (χ1n) is 5.51. The van der Waals surface area contributed by atoms with Crippen LogP contribution in [0.5, 0.6) is 0 Å². The number of aryl methyl sites for hydroxylation is 1. The van der Waals surface area contributed by atoms with Crippen LogP contribution >= 0.6 is 22.9 Å². The first kappa shape index (κ1) is 13.0. The van der Waals surface area contributed by atoms with Gasteiger partial charge in [0.2, 0.25) is 0 Å². The molecule has 2 heterocycles. The van der Waals surface area contributed by atoms with E-state index in [0.29, 0.717) is 6.54 Å². The minimum atomic E-state index is -0.241. The van der Waals surface area contributed by atoms with Crippen molar-refractivity contribution in [2.75, 3.05) is 0 Å². The van der Waals surface area contributed by atoms with Gasteiger partial charge < -0.3 is 5.32 Å². The number of nitrogens with zero attached hydrogens (tertiary/aromatic N) is 2. The van der Waals surface area contributed by atoms with Crippen molar-refractivity contribution in [1.29, 1.82) is 0 Å². The Hall–Kier alpha value is -1.46. The molecule has 2 aromatic heterocycles. The topological polar surface area (TPSA) is 54.9 Å². The third-order valence-electron chi connectivity index (χ3n) is 2.48. The zero-order valence-electron chi connectivity index (χ0n) is 9.81. The maximum absolute atomic E-state index is 11.8. The molecule has 0 aliphatic heterocycles. The molecule has 0 spiro atoms. The van der Waals surface area contributed by atoms with Gasteiger partial charge >= 0.3 is 0 Å². The summed E-state index contributed by atoms with van der Waals surface area (Å²) in [5.74, 6) is -0.241. The van der Waals surface area contributed by atoms with E-state index in [4.69, 9.17) is 11.6 Å². The van der Waals surface area contributed by atoms with Crippen LogP contribution in [0.1, 0.15) is 27.9 Å². The first-order valence-corrected chi connectivity index (χ1v) is 6.77. The average Bonchev–Trinajstić information content (AvgIpc) is 2.84. The molecule has 1 N–H and O–H groups in total. The second kappa shape index (κ2) is 5.93. The Kier molecular flexibility index (Phi) is 4.28. The van der Waals surface area contributed by atoms with Crippen LogP contribution in [0.3, 0.4) is 0 Å². The Labute approximate surface area is 114 Å². The largest absolute Gasteiger partial charge is 0.346 e. The van der Waals surface area contributed by atoms with E-state index >= 15 is 0 Å². The summed E-state index contributed by atoms with van der Waals surface area (Å²) in [5.41, 5.74) is 1.54. The van der Waals surface area contributed by atoms with Gasteiger partial charge in [-0.1, -0.05) is 18.5 Å². The van der Waals surface area contributed by atoms with Gasteiger partial charge in [-0.15, -0.1) is 11.3 Å². The Morgan fingerprint density at radius 2 is 2.28 bits per heavy atom. The summed E-state index contributed by atoms with van der Waals surface area (Å²) in [7, 11) is 0. The molecule has 2 rings (SSSR count). The molecule has 1 amide bonds. The molecule has 0 bridgehead atoms. The number of amides is 1. The zero-order valence-corrected chi connectivity index (χ0v) is 11.4. The van der Waals surface area contributed by atoms with Crippen LogP contribution in [0.4, 0.5) is 0 Å². The first-order chi connectivity index (χ1) is 8.70. The highest BCUT2D eigenvalue weighted by molar-refractivity contribution is 7.10. The van der Waals surface area contributed by atoms with E-state index in [9.17, 15) is 4.79 Å².